The van der Waals surface area contributed by atoms with Crippen LogP contribution in [0.25, 0.3) is 0 Å². The Morgan fingerprint density at radius 1 is 1.45 bits per heavy atom. The summed E-state index contributed by atoms with van der Waals surface area (Å²) < 4.78 is 13.4. The van der Waals surface area contributed by atoms with Crippen LogP contribution >= 0.6 is 0 Å². The van der Waals surface area contributed by atoms with E-state index in [0.29, 0.717) is 16.8 Å². The lowest BCUT2D eigenvalue weighted by atomic mass is 9.96. The van der Waals surface area contributed by atoms with Crippen LogP contribution in [0.2, 0.25) is 0 Å². The van der Waals surface area contributed by atoms with Crippen molar-refractivity contribution in [2.24, 2.45) is 0 Å². The van der Waals surface area contributed by atoms with E-state index >= 15 is 0 Å². The van der Waals surface area contributed by atoms with Crippen LogP contribution in [-0.2, 0) is 4.79 Å². The molecule has 0 unspecified atom stereocenters. The topological polar surface area (TPSA) is 81.7 Å². The van der Waals surface area contributed by atoms with E-state index in [0.717, 1.165) is 0 Å². The number of carbonyl (C=O) groups is 2. The van der Waals surface area contributed by atoms with Crippen molar-refractivity contribution in [2.45, 2.75) is 19.1 Å². The lowest BCUT2D eigenvalue weighted by molar-refractivity contribution is -0.126. The molecule has 1 aromatic carbocycles. The van der Waals surface area contributed by atoms with E-state index in [-0.39, 0.29) is 19.0 Å². The molecule has 0 spiro atoms. The number of nitrogens with zero attached hydrogens (tertiary/aromatic N) is 1. The molecule has 3 N–H and O–H groups in total. The molecule has 0 radical (unpaired) electrons. The molecule has 2 atom stereocenters. The Labute approximate surface area is 126 Å². The number of amides is 3. The molecule has 0 aromatic heterocycles. The van der Waals surface area contributed by atoms with Crippen molar-refractivity contribution in [2.75, 3.05) is 13.1 Å². The number of nitrogens with one attached hydrogen (secondary N) is 2. The Bertz CT molecular complexity index is 672. The van der Waals surface area contributed by atoms with Crippen molar-refractivity contribution in [3.63, 3.8) is 0 Å². The Morgan fingerprint density at radius 2 is 2.23 bits per heavy atom. The maximum atomic E-state index is 13.4. The average Bonchev–Trinajstić information content (AvgIpc) is 2.73. The molecule has 0 fully saturated rings. The molecule has 1 aromatic rings. The minimum atomic E-state index is -0.689. The second kappa shape index (κ2) is 5.42. The monoisotopic (exact) mass is 305 g/mol. The second-order valence-electron chi connectivity index (χ2n) is 5.51. The number of carbonyl (C=O) groups excluding carboxylic acids is 2. The van der Waals surface area contributed by atoms with Crippen LogP contribution in [0, 0.1) is 5.82 Å². The highest BCUT2D eigenvalue weighted by atomic mass is 19.1. The predicted octanol–water partition coefficient (Wildman–Crippen LogP) is 0.657. The molecule has 0 saturated heterocycles. The fraction of sp³-hybridized carbons (Fsp3) is 0.333. The number of aliphatic hydroxyl groups is 1. The van der Waals surface area contributed by atoms with E-state index in [1.807, 2.05) is 0 Å². The highest BCUT2D eigenvalue weighted by Crippen LogP contribution is 2.32. The standard InChI is InChI=1S/C15H16FN3O3/c1-8(20)6-19-7-11-12(14(19)21)13(18-15(22)17-11)9-3-2-4-10(16)5-9/h2-5,8,13,20H,6-7H2,1H3,(H2,17,18,22)/t8-,13+/m0/s1. The van der Waals surface area contributed by atoms with Crippen LogP contribution in [0.5, 0.6) is 0 Å². The summed E-state index contributed by atoms with van der Waals surface area (Å²) in [6.07, 6.45) is -0.665. The van der Waals surface area contributed by atoms with E-state index in [9.17, 15) is 19.1 Å². The lowest BCUT2D eigenvalue weighted by Crippen LogP contribution is -2.44. The SMILES string of the molecule is C[C@H](O)CN1CC2=C(C1=O)[C@@H](c1cccc(F)c1)NC(=O)N2. The van der Waals surface area contributed by atoms with Gasteiger partial charge in [0.2, 0.25) is 0 Å². The summed E-state index contributed by atoms with van der Waals surface area (Å²) in [6, 6.07) is 4.68. The van der Waals surface area contributed by atoms with Crippen molar-refractivity contribution >= 4 is 11.9 Å². The first kappa shape index (κ1) is 14.5. The number of hydrogen-bond donors (Lipinski definition) is 3. The smallest absolute Gasteiger partial charge is 0.319 e. The fourth-order valence-corrected chi connectivity index (χ4v) is 2.83. The third-order valence-electron chi connectivity index (χ3n) is 3.69. The molecule has 2 aliphatic heterocycles. The van der Waals surface area contributed by atoms with Gasteiger partial charge in [0.15, 0.2) is 0 Å². The molecule has 0 aliphatic carbocycles. The van der Waals surface area contributed by atoms with E-state index in [1.54, 1.807) is 13.0 Å². The molecule has 0 saturated carbocycles. The zero-order chi connectivity index (χ0) is 15.9. The van der Waals surface area contributed by atoms with Gasteiger partial charge in [-0.1, -0.05) is 12.1 Å². The summed E-state index contributed by atoms with van der Waals surface area (Å²) in [6.45, 7) is 2.00. The van der Waals surface area contributed by atoms with Crippen molar-refractivity contribution in [1.29, 1.82) is 0 Å². The second-order valence-corrected chi connectivity index (χ2v) is 5.51. The van der Waals surface area contributed by atoms with Crippen LogP contribution in [0.1, 0.15) is 18.5 Å². The number of urea groups is 1. The molecule has 0 bridgehead atoms. The number of halogens is 1. The lowest BCUT2D eigenvalue weighted by Gasteiger charge is -2.25. The van der Waals surface area contributed by atoms with E-state index in [4.69, 9.17) is 0 Å². The molecule has 3 amide bonds. The maximum absolute atomic E-state index is 13.4. The van der Waals surface area contributed by atoms with Gasteiger partial charge in [-0.05, 0) is 24.6 Å². The summed E-state index contributed by atoms with van der Waals surface area (Å²) in [5, 5.41) is 14.7. The Kier molecular flexibility index (Phi) is 3.58. The quantitative estimate of drug-likeness (QED) is 0.767. The van der Waals surface area contributed by atoms with E-state index < -0.39 is 24.0 Å². The van der Waals surface area contributed by atoms with E-state index in [1.165, 1.54) is 23.1 Å². The first-order valence-corrected chi connectivity index (χ1v) is 6.99. The molecule has 7 heteroatoms. The van der Waals surface area contributed by atoms with Crippen LogP contribution < -0.4 is 10.6 Å². The van der Waals surface area contributed by atoms with Gasteiger partial charge in [-0.2, -0.15) is 0 Å². The van der Waals surface area contributed by atoms with Crippen molar-refractivity contribution in [3.05, 3.63) is 46.9 Å². The fourth-order valence-electron chi connectivity index (χ4n) is 2.83. The van der Waals surface area contributed by atoms with Gasteiger partial charge < -0.3 is 20.6 Å². The molecular weight excluding hydrogens is 289 g/mol. The van der Waals surface area contributed by atoms with Gasteiger partial charge in [-0.25, -0.2) is 9.18 Å². The number of rotatable bonds is 3. The zero-order valence-corrected chi connectivity index (χ0v) is 12.0. The molecule has 6 nitrogen and oxygen atoms in total. The summed E-state index contributed by atoms with van der Waals surface area (Å²) in [4.78, 5) is 25.8. The average molecular weight is 305 g/mol. The first-order valence-electron chi connectivity index (χ1n) is 6.99. The third kappa shape index (κ3) is 2.55. The summed E-state index contributed by atoms with van der Waals surface area (Å²) in [5.74, 6) is -0.698. The summed E-state index contributed by atoms with van der Waals surface area (Å²) in [5.41, 5.74) is 1.41. The van der Waals surface area contributed by atoms with Crippen LogP contribution in [0.15, 0.2) is 35.5 Å². The normalized spacial score (nSPS) is 22.3. The van der Waals surface area contributed by atoms with Gasteiger partial charge in [-0.3, -0.25) is 4.79 Å². The van der Waals surface area contributed by atoms with Gasteiger partial charge in [0.25, 0.3) is 5.91 Å². The van der Waals surface area contributed by atoms with Crippen molar-refractivity contribution in [3.8, 4) is 0 Å². The number of aliphatic hydroxyl groups excluding tert-OH is 1. The number of hydrogen-bond acceptors (Lipinski definition) is 3. The molecular formula is C15H16FN3O3. The number of β-amino-alcohol motifs (C(OH)–C–C–N with tert-alkyl or cyclic N) is 1. The van der Waals surface area contributed by atoms with Gasteiger partial charge in [0.1, 0.15) is 5.82 Å². The largest absolute Gasteiger partial charge is 0.392 e. The van der Waals surface area contributed by atoms with Crippen LogP contribution in [0.3, 0.4) is 0 Å². The molecule has 22 heavy (non-hydrogen) atoms. The molecule has 2 heterocycles. The Balaban J connectivity index is 1.96. The first-order chi connectivity index (χ1) is 10.5. The highest BCUT2D eigenvalue weighted by Gasteiger charge is 2.40. The third-order valence-corrected chi connectivity index (χ3v) is 3.69. The summed E-state index contributed by atoms with van der Waals surface area (Å²) >= 11 is 0. The molecule has 2 aliphatic rings. The molecule has 3 rings (SSSR count). The van der Waals surface area contributed by atoms with Gasteiger partial charge in [0.05, 0.1) is 30.0 Å². The highest BCUT2D eigenvalue weighted by molar-refractivity contribution is 6.01. The predicted molar refractivity (Wildman–Crippen MR) is 76.1 cm³/mol. The van der Waals surface area contributed by atoms with Gasteiger partial charge in [0, 0.05) is 6.54 Å². The van der Waals surface area contributed by atoms with Crippen LogP contribution in [-0.4, -0.2) is 41.1 Å². The minimum absolute atomic E-state index is 0.178. The Hall–Kier alpha value is -2.41. The maximum Gasteiger partial charge on any atom is 0.319 e. The zero-order valence-electron chi connectivity index (χ0n) is 12.0. The number of benzene rings is 1. The van der Waals surface area contributed by atoms with Gasteiger partial charge >= 0.3 is 6.03 Å². The summed E-state index contributed by atoms with van der Waals surface area (Å²) in [7, 11) is 0. The Morgan fingerprint density at radius 3 is 2.91 bits per heavy atom. The van der Waals surface area contributed by atoms with Gasteiger partial charge in [-0.15, -0.1) is 0 Å². The minimum Gasteiger partial charge on any atom is -0.392 e. The van der Waals surface area contributed by atoms with Crippen LogP contribution in [0.4, 0.5) is 9.18 Å². The van der Waals surface area contributed by atoms with Crippen molar-refractivity contribution in [1.82, 2.24) is 15.5 Å². The van der Waals surface area contributed by atoms with Crippen molar-refractivity contribution < 1.29 is 19.1 Å². The van der Waals surface area contributed by atoms with E-state index in [2.05, 4.69) is 10.6 Å². The molecule has 116 valence electrons.